The predicted octanol–water partition coefficient (Wildman–Crippen LogP) is 2.73. The summed E-state index contributed by atoms with van der Waals surface area (Å²) in [6.45, 7) is 0.275. The van der Waals surface area contributed by atoms with Gasteiger partial charge in [-0.2, -0.15) is 0 Å². The van der Waals surface area contributed by atoms with Gasteiger partial charge in [0.25, 0.3) is 5.91 Å². The molecule has 1 N–H and O–H groups in total. The second kappa shape index (κ2) is 7.35. The SMILES string of the molecule is COc1ccc2c(c1OC)C(=O)N1[C@@H](C(=O)NCc3ccc(F)cc3)CS[C@H]21. The Bertz CT molecular complexity index is 935. The van der Waals surface area contributed by atoms with Gasteiger partial charge >= 0.3 is 0 Å². The molecule has 2 amide bonds. The van der Waals surface area contributed by atoms with Crippen molar-refractivity contribution in [2.45, 2.75) is 18.0 Å². The largest absolute Gasteiger partial charge is 0.493 e. The second-order valence-electron chi connectivity index (χ2n) is 6.52. The normalized spacial score (nSPS) is 20.0. The van der Waals surface area contributed by atoms with Gasteiger partial charge < -0.3 is 19.7 Å². The number of rotatable bonds is 5. The maximum Gasteiger partial charge on any atom is 0.260 e. The van der Waals surface area contributed by atoms with E-state index < -0.39 is 6.04 Å². The third kappa shape index (κ3) is 2.97. The number of carbonyl (C=O) groups is 2. The summed E-state index contributed by atoms with van der Waals surface area (Å²) < 4.78 is 23.7. The summed E-state index contributed by atoms with van der Waals surface area (Å²) >= 11 is 1.55. The van der Waals surface area contributed by atoms with E-state index in [9.17, 15) is 14.0 Å². The lowest BCUT2D eigenvalue weighted by molar-refractivity contribution is -0.124. The number of carbonyl (C=O) groups excluding carboxylic acids is 2. The molecule has 0 saturated carbocycles. The van der Waals surface area contributed by atoms with E-state index in [0.717, 1.165) is 11.1 Å². The van der Waals surface area contributed by atoms with Crippen LogP contribution in [0.1, 0.15) is 26.9 Å². The molecular formula is C20H19FN2O4S. The molecule has 0 spiro atoms. The number of nitrogens with one attached hydrogen (secondary N) is 1. The highest BCUT2D eigenvalue weighted by atomic mass is 32.2. The molecule has 2 aliphatic heterocycles. The quantitative estimate of drug-likeness (QED) is 0.833. The Hall–Kier alpha value is -2.74. The van der Waals surface area contributed by atoms with Gasteiger partial charge in [0.15, 0.2) is 11.5 Å². The molecule has 0 aromatic heterocycles. The van der Waals surface area contributed by atoms with Gasteiger partial charge in [-0.05, 0) is 23.8 Å². The Morgan fingerprint density at radius 1 is 1.21 bits per heavy atom. The third-order valence-electron chi connectivity index (χ3n) is 4.98. The zero-order valence-corrected chi connectivity index (χ0v) is 16.2. The summed E-state index contributed by atoms with van der Waals surface area (Å²) in [5.41, 5.74) is 2.08. The van der Waals surface area contributed by atoms with Crippen LogP contribution in [0.25, 0.3) is 0 Å². The molecule has 2 atom stereocenters. The number of thioether (sulfide) groups is 1. The van der Waals surface area contributed by atoms with Crippen molar-refractivity contribution in [3.05, 3.63) is 58.9 Å². The molecule has 0 unspecified atom stereocenters. The number of fused-ring (bicyclic) bond motifs is 3. The van der Waals surface area contributed by atoms with Crippen molar-refractivity contribution in [3.63, 3.8) is 0 Å². The first-order chi connectivity index (χ1) is 13.5. The minimum absolute atomic E-state index is 0.219. The number of hydrogen-bond donors (Lipinski definition) is 1. The van der Waals surface area contributed by atoms with Crippen LogP contribution in [0.4, 0.5) is 4.39 Å². The molecule has 1 fully saturated rings. The zero-order chi connectivity index (χ0) is 19.8. The maximum absolute atomic E-state index is 13.1. The summed E-state index contributed by atoms with van der Waals surface area (Å²) in [5.74, 6) is 0.604. The molecule has 2 aromatic rings. The number of methoxy groups -OCH3 is 2. The number of halogens is 1. The Morgan fingerprint density at radius 2 is 1.96 bits per heavy atom. The summed E-state index contributed by atoms with van der Waals surface area (Å²) in [6.07, 6.45) is 0. The van der Waals surface area contributed by atoms with Crippen LogP contribution in [0.5, 0.6) is 11.5 Å². The monoisotopic (exact) mass is 402 g/mol. The van der Waals surface area contributed by atoms with Crippen molar-refractivity contribution in [2.24, 2.45) is 0 Å². The van der Waals surface area contributed by atoms with Crippen LogP contribution in [0.15, 0.2) is 36.4 Å². The van der Waals surface area contributed by atoms with E-state index in [-0.39, 0.29) is 29.6 Å². The van der Waals surface area contributed by atoms with Gasteiger partial charge in [0.1, 0.15) is 17.2 Å². The topological polar surface area (TPSA) is 67.9 Å². The number of nitrogens with zero attached hydrogens (tertiary/aromatic N) is 1. The fourth-order valence-corrected chi connectivity index (χ4v) is 5.06. The highest BCUT2D eigenvalue weighted by molar-refractivity contribution is 7.99. The zero-order valence-electron chi connectivity index (χ0n) is 15.4. The van der Waals surface area contributed by atoms with Crippen molar-refractivity contribution in [1.82, 2.24) is 10.2 Å². The van der Waals surface area contributed by atoms with Crippen LogP contribution in [-0.2, 0) is 11.3 Å². The summed E-state index contributed by atoms with van der Waals surface area (Å²) in [5, 5.41) is 2.63. The van der Waals surface area contributed by atoms with Crippen molar-refractivity contribution in [3.8, 4) is 11.5 Å². The molecule has 0 radical (unpaired) electrons. The summed E-state index contributed by atoms with van der Waals surface area (Å²) in [4.78, 5) is 27.5. The number of benzene rings is 2. The minimum Gasteiger partial charge on any atom is -0.493 e. The van der Waals surface area contributed by atoms with Crippen LogP contribution in [0.3, 0.4) is 0 Å². The first-order valence-electron chi connectivity index (χ1n) is 8.76. The van der Waals surface area contributed by atoms with E-state index in [4.69, 9.17) is 9.47 Å². The van der Waals surface area contributed by atoms with Gasteiger partial charge in [-0.1, -0.05) is 18.2 Å². The lowest BCUT2D eigenvalue weighted by Gasteiger charge is -2.22. The standard InChI is InChI=1S/C20H19FN2O4S/c1-26-15-8-7-13-16(17(15)27-2)19(25)23-14(10-28-20(13)23)18(24)22-9-11-3-5-12(21)6-4-11/h3-8,14,20H,9-10H2,1-2H3,(H,22,24)/t14-,20-/m1/s1. The van der Waals surface area contributed by atoms with Crippen molar-refractivity contribution >= 4 is 23.6 Å². The third-order valence-corrected chi connectivity index (χ3v) is 6.28. The van der Waals surface area contributed by atoms with E-state index in [0.29, 0.717) is 22.8 Å². The van der Waals surface area contributed by atoms with E-state index >= 15 is 0 Å². The van der Waals surface area contributed by atoms with Gasteiger partial charge in [-0.25, -0.2) is 4.39 Å². The molecule has 6 nitrogen and oxygen atoms in total. The van der Waals surface area contributed by atoms with E-state index in [1.54, 1.807) is 34.9 Å². The van der Waals surface area contributed by atoms with Gasteiger partial charge in [0.2, 0.25) is 5.91 Å². The van der Waals surface area contributed by atoms with Crippen molar-refractivity contribution in [1.29, 1.82) is 0 Å². The average molecular weight is 402 g/mol. The van der Waals surface area contributed by atoms with E-state index in [2.05, 4.69) is 5.32 Å². The predicted molar refractivity (Wildman–Crippen MR) is 103 cm³/mol. The molecule has 2 heterocycles. The van der Waals surface area contributed by atoms with Crippen LogP contribution in [0, 0.1) is 5.82 Å². The molecule has 2 aliphatic rings. The smallest absolute Gasteiger partial charge is 0.260 e. The van der Waals surface area contributed by atoms with Crippen LogP contribution in [0.2, 0.25) is 0 Å². The second-order valence-corrected chi connectivity index (χ2v) is 7.64. The molecule has 4 rings (SSSR count). The summed E-state index contributed by atoms with van der Waals surface area (Å²) in [7, 11) is 3.01. The fraction of sp³-hybridized carbons (Fsp3) is 0.300. The number of amides is 2. The lowest BCUT2D eigenvalue weighted by Crippen LogP contribution is -2.45. The molecule has 2 aromatic carbocycles. The Labute approximate surface area is 166 Å². The Balaban J connectivity index is 1.54. The van der Waals surface area contributed by atoms with Crippen molar-refractivity contribution < 1.29 is 23.5 Å². The van der Waals surface area contributed by atoms with Gasteiger partial charge in [-0.15, -0.1) is 11.8 Å². The van der Waals surface area contributed by atoms with E-state index in [1.165, 1.54) is 26.4 Å². The molecular weight excluding hydrogens is 383 g/mol. The van der Waals surface area contributed by atoms with Crippen LogP contribution in [-0.4, -0.2) is 42.7 Å². The average Bonchev–Trinajstić information content (AvgIpc) is 3.26. The number of hydrogen-bond acceptors (Lipinski definition) is 5. The molecule has 0 bridgehead atoms. The molecule has 0 aliphatic carbocycles. The van der Waals surface area contributed by atoms with Crippen LogP contribution >= 0.6 is 11.8 Å². The fourth-order valence-electron chi connectivity index (χ4n) is 3.60. The molecule has 8 heteroatoms. The highest BCUT2D eigenvalue weighted by Crippen LogP contribution is 2.52. The van der Waals surface area contributed by atoms with Gasteiger partial charge in [0, 0.05) is 17.9 Å². The van der Waals surface area contributed by atoms with E-state index in [1.807, 2.05) is 6.07 Å². The maximum atomic E-state index is 13.1. The number of ether oxygens (including phenoxy) is 2. The highest BCUT2D eigenvalue weighted by Gasteiger charge is 2.50. The Kier molecular flexibility index (Phi) is 4.89. The first kappa shape index (κ1) is 18.6. The first-order valence-corrected chi connectivity index (χ1v) is 9.81. The summed E-state index contributed by atoms with van der Waals surface area (Å²) in [6, 6.07) is 8.99. The molecule has 146 valence electrons. The molecule has 1 saturated heterocycles. The van der Waals surface area contributed by atoms with Crippen LogP contribution < -0.4 is 14.8 Å². The molecule has 28 heavy (non-hydrogen) atoms. The Morgan fingerprint density at radius 3 is 2.64 bits per heavy atom. The van der Waals surface area contributed by atoms with Gasteiger partial charge in [0.05, 0.1) is 19.8 Å². The minimum atomic E-state index is -0.578. The lowest BCUT2D eigenvalue weighted by atomic mass is 10.1. The van der Waals surface area contributed by atoms with Gasteiger partial charge in [-0.3, -0.25) is 9.59 Å². The van der Waals surface area contributed by atoms with Crippen molar-refractivity contribution in [2.75, 3.05) is 20.0 Å².